The quantitative estimate of drug-likeness (QED) is 0.698. The van der Waals surface area contributed by atoms with Crippen LogP contribution in [0.1, 0.15) is 17.5 Å². The first-order valence-electron chi connectivity index (χ1n) is 11.3. The zero-order valence-corrected chi connectivity index (χ0v) is 19.8. The van der Waals surface area contributed by atoms with Gasteiger partial charge in [0.25, 0.3) is 0 Å². The first kappa shape index (κ1) is 22.2. The number of nitrogens with one attached hydrogen (secondary N) is 1. The molecule has 11 heteroatoms. The van der Waals surface area contributed by atoms with Crippen LogP contribution in [0.2, 0.25) is 0 Å². The first-order valence-corrected chi connectivity index (χ1v) is 13.2. The van der Waals surface area contributed by atoms with Gasteiger partial charge in [-0.15, -0.1) is 5.10 Å². The fourth-order valence-corrected chi connectivity index (χ4v) is 5.42. The van der Waals surface area contributed by atoms with Gasteiger partial charge in [0.05, 0.1) is 25.0 Å². The molecule has 3 aliphatic heterocycles. The molecule has 0 unspecified atom stereocenters. The molecule has 33 heavy (non-hydrogen) atoms. The number of sulfonamides is 1. The van der Waals surface area contributed by atoms with Gasteiger partial charge in [-0.25, -0.2) is 13.2 Å². The molecule has 0 radical (unpaired) electrons. The van der Waals surface area contributed by atoms with E-state index >= 15 is 0 Å². The van der Waals surface area contributed by atoms with Crippen LogP contribution < -0.4 is 9.62 Å². The van der Waals surface area contributed by atoms with Gasteiger partial charge in [0.2, 0.25) is 10.0 Å². The SMILES string of the molecule is Cc1ccc(CN2CCN(C(=O)n3ccc(NS(C)(=O)=O)n3)CC2)cc1N1C[C@H]2C[C@@H]1CO2. The van der Waals surface area contributed by atoms with E-state index in [-0.39, 0.29) is 11.8 Å². The number of rotatable bonds is 5. The maximum Gasteiger partial charge on any atom is 0.344 e. The predicted octanol–water partition coefficient (Wildman–Crippen LogP) is 1.33. The van der Waals surface area contributed by atoms with E-state index in [9.17, 15) is 13.2 Å². The summed E-state index contributed by atoms with van der Waals surface area (Å²) in [6, 6.07) is 8.43. The Kier molecular flexibility index (Phi) is 5.79. The zero-order chi connectivity index (χ0) is 23.2. The van der Waals surface area contributed by atoms with Gasteiger partial charge in [0.15, 0.2) is 5.82 Å². The van der Waals surface area contributed by atoms with Crippen LogP contribution in [0.15, 0.2) is 30.5 Å². The number of morpholine rings is 1. The minimum Gasteiger partial charge on any atom is -0.374 e. The van der Waals surface area contributed by atoms with Crippen molar-refractivity contribution in [1.29, 1.82) is 0 Å². The number of carbonyl (C=O) groups is 1. The van der Waals surface area contributed by atoms with E-state index in [0.717, 1.165) is 45.5 Å². The molecule has 1 N–H and O–H groups in total. The lowest BCUT2D eigenvalue weighted by Gasteiger charge is -2.35. The van der Waals surface area contributed by atoms with E-state index in [1.54, 1.807) is 4.90 Å². The average Bonchev–Trinajstić information content (AvgIpc) is 3.51. The lowest BCUT2D eigenvalue weighted by atomic mass is 10.1. The summed E-state index contributed by atoms with van der Waals surface area (Å²) in [6.07, 6.45) is 4.03. The van der Waals surface area contributed by atoms with E-state index < -0.39 is 10.0 Å². The number of carbonyl (C=O) groups excluding carboxylic acids is 1. The van der Waals surface area contributed by atoms with Crippen molar-refractivity contribution < 1.29 is 17.9 Å². The van der Waals surface area contributed by atoms with Crippen LogP contribution in [0.4, 0.5) is 16.3 Å². The van der Waals surface area contributed by atoms with Gasteiger partial charge < -0.3 is 14.5 Å². The Labute approximate surface area is 194 Å². The molecule has 3 saturated heterocycles. The number of amides is 1. The van der Waals surface area contributed by atoms with Crippen LogP contribution in [-0.2, 0) is 21.3 Å². The van der Waals surface area contributed by atoms with Crippen molar-refractivity contribution in [3.05, 3.63) is 41.6 Å². The fourth-order valence-electron chi connectivity index (χ4n) is 4.93. The molecule has 178 valence electrons. The smallest absolute Gasteiger partial charge is 0.344 e. The highest BCUT2D eigenvalue weighted by Crippen LogP contribution is 2.35. The third-order valence-corrected chi connectivity index (χ3v) is 7.19. The van der Waals surface area contributed by atoms with Crippen molar-refractivity contribution in [2.24, 2.45) is 0 Å². The number of hydrogen-bond donors (Lipinski definition) is 1. The molecular weight excluding hydrogens is 444 g/mol. The van der Waals surface area contributed by atoms with Gasteiger partial charge in [-0.2, -0.15) is 4.68 Å². The van der Waals surface area contributed by atoms with Gasteiger partial charge in [0.1, 0.15) is 0 Å². The molecule has 0 aliphatic carbocycles. The van der Waals surface area contributed by atoms with Crippen molar-refractivity contribution in [3.8, 4) is 0 Å². The Bertz CT molecular complexity index is 1140. The maximum absolute atomic E-state index is 12.8. The Balaban J connectivity index is 1.17. The molecule has 2 atom stereocenters. The molecule has 3 aliphatic rings. The number of piperazine rings is 1. The summed E-state index contributed by atoms with van der Waals surface area (Å²) in [5.74, 6) is 0.137. The molecule has 5 rings (SSSR count). The Morgan fingerprint density at radius 1 is 1.21 bits per heavy atom. The lowest BCUT2D eigenvalue weighted by molar-refractivity contribution is 0.0991. The number of benzene rings is 1. The van der Waals surface area contributed by atoms with E-state index in [4.69, 9.17) is 4.74 Å². The van der Waals surface area contributed by atoms with Gasteiger partial charge in [-0.05, 0) is 30.5 Å². The molecule has 0 spiro atoms. The highest BCUT2D eigenvalue weighted by molar-refractivity contribution is 7.92. The first-order chi connectivity index (χ1) is 15.7. The van der Waals surface area contributed by atoms with Crippen LogP contribution in [-0.4, -0.2) is 91.8 Å². The van der Waals surface area contributed by atoms with Crippen molar-refractivity contribution in [2.45, 2.75) is 32.0 Å². The van der Waals surface area contributed by atoms with Gasteiger partial charge in [-0.3, -0.25) is 9.62 Å². The molecule has 10 nitrogen and oxygen atoms in total. The largest absolute Gasteiger partial charge is 0.374 e. The van der Waals surface area contributed by atoms with Crippen LogP contribution >= 0.6 is 0 Å². The van der Waals surface area contributed by atoms with E-state index in [1.807, 2.05) is 0 Å². The van der Waals surface area contributed by atoms with Crippen molar-refractivity contribution in [1.82, 2.24) is 19.6 Å². The minimum absolute atomic E-state index is 0.137. The number of anilines is 2. The number of nitrogens with zero attached hydrogens (tertiary/aromatic N) is 5. The topological polar surface area (TPSA) is 100 Å². The van der Waals surface area contributed by atoms with Crippen LogP contribution in [0.5, 0.6) is 0 Å². The highest BCUT2D eigenvalue weighted by atomic mass is 32.2. The average molecular weight is 475 g/mol. The normalized spacial score (nSPS) is 23.3. The number of fused-ring (bicyclic) bond motifs is 2. The zero-order valence-electron chi connectivity index (χ0n) is 19.0. The minimum atomic E-state index is -3.43. The fraction of sp³-hybridized carbons (Fsp3) is 0.545. The van der Waals surface area contributed by atoms with Gasteiger partial charge >= 0.3 is 6.03 Å². The summed E-state index contributed by atoms with van der Waals surface area (Å²) < 4.78 is 31.9. The standard InChI is InChI=1S/C22H30N6O4S/c1-16-3-4-17(11-20(16)27-14-19-12-18(27)15-32-19)13-25-7-9-26(10-8-25)22(29)28-6-5-21(23-28)24-33(2,30)31/h3-6,11,18-19H,7-10,12-15H2,1-2H3,(H,23,24)/t18-,19-/m1/s1. The van der Waals surface area contributed by atoms with Crippen LogP contribution in [0.25, 0.3) is 0 Å². The summed E-state index contributed by atoms with van der Waals surface area (Å²) in [5.41, 5.74) is 3.89. The highest BCUT2D eigenvalue weighted by Gasteiger charge is 2.39. The Hall–Kier alpha value is -2.63. The molecule has 2 bridgehead atoms. The summed E-state index contributed by atoms with van der Waals surface area (Å²) in [6.45, 7) is 7.55. The van der Waals surface area contributed by atoms with E-state index in [1.165, 1.54) is 33.8 Å². The molecule has 0 saturated carbocycles. The van der Waals surface area contributed by atoms with Crippen molar-refractivity contribution >= 4 is 27.6 Å². The number of aryl methyl sites for hydroxylation is 1. The number of ether oxygens (including phenoxy) is 1. The monoisotopic (exact) mass is 474 g/mol. The summed E-state index contributed by atoms with van der Waals surface area (Å²) in [4.78, 5) is 19.4. The molecule has 1 aromatic carbocycles. The Morgan fingerprint density at radius 3 is 2.67 bits per heavy atom. The van der Waals surface area contributed by atoms with Gasteiger partial charge in [0, 0.05) is 57.2 Å². The number of aromatic nitrogens is 2. The lowest BCUT2D eigenvalue weighted by Crippen LogP contribution is -2.49. The second-order valence-corrected chi connectivity index (χ2v) is 10.9. The molecule has 3 fully saturated rings. The molecular formula is C22H30N6O4S. The number of hydrogen-bond acceptors (Lipinski definition) is 7. The third-order valence-electron chi connectivity index (χ3n) is 6.61. The third kappa shape index (κ3) is 4.85. The van der Waals surface area contributed by atoms with E-state index in [0.29, 0.717) is 25.2 Å². The van der Waals surface area contributed by atoms with Gasteiger partial charge in [-0.1, -0.05) is 12.1 Å². The van der Waals surface area contributed by atoms with Crippen LogP contribution in [0.3, 0.4) is 0 Å². The van der Waals surface area contributed by atoms with Crippen molar-refractivity contribution in [3.63, 3.8) is 0 Å². The summed E-state index contributed by atoms with van der Waals surface area (Å²) in [5, 5.41) is 4.04. The Morgan fingerprint density at radius 2 is 2.00 bits per heavy atom. The van der Waals surface area contributed by atoms with Crippen LogP contribution in [0, 0.1) is 6.92 Å². The second-order valence-electron chi connectivity index (χ2n) is 9.18. The second kappa shape index (κ2) is 8.62. The van der Waals surface area contributed by atoms with Crippen molar-refractivity contribution in [2.75, 3.05) is 55.2 Å². The predicted molar refractivity (Wildman–Crippen MR) is 125 cm³/mol. The molecule has 1 aromatic heterocycles. The molecule has 4 heterocycles. The molecule has 1 amide bonds. The summed E-state index contributed by atoms with van der Waals surface area (Å²) >= 11 is 0. The maximum atomic E-state index is 12.8. The molecule has 2 aromatic rings. The van der Waals surface area contributed by atoms with E-state index in [2.05, 4.69) is 44.7 Å². The summed E-state index contributed by atoms with van der Waals surface area (Å²) in [7, 11) is -3.43.